The van der Waals surface area contributed by atoms with E-state index in [-0.39, 0.29) is 31.6 Å². The van der Waals surface area contributed by atoms with E-state index in [0.717, 1.165) is 9.80 Å². The first-order valence-electron chi connectivity index (χ1n) is 12.3. The summed E-state index contributed by atoms with van der Waals surface area (Å²) in [5.74, 6) is -2.91. The van der Waals surface area contributed by atoms with E-state index in [1.807, 2.05) is 33.8 Å². The van der Waals surface area contributed by atoms with Crippen LogP contribution in [0.5, 0.6) is 0 Å². The highest BCUT2D eigenvalue weighted by atomic mass is 32.3. The van der Waals surface area contributed by atoms with Crippen LogP contribution in [0, 0.1) is 5.92 Å². The van der Waals surface area contributed by atoms with E-state index in [9.17, 15) is 18.1 Å². The zero-order chi connectivity index (χ0) is 27.8. The van der Waals surface area contributed by atoms with Gasteiger partial charge in [0, 0.05) is 17.7 Å². The van der Waals surface area contributed by atoms with Crippen LogP contribution in [0.3, 0.4) is 0 Å². The van der Waals surface area contributed by atoms with Crippen molar-refractivity contribution >= 4 is 34.2 Å². The molecule has 208 valence electrons. The summed E-state index contributed by atoms with van der Waals surface area (Å²) in [6, 6.07) is 1.24. The topological polar surface area (TPSA) is 104 Å². The third-order valence-electron chi connectivity index (χ3n) is 5.92. The van der Waals surface area contributed by atoms with Gasteiger partial charge in [0.25, 0.3) is 0 Å². The maximum absolute atomic E-state index is 13.9. The van der Waals surface area contributed by atoms with E-state index in [1.54, 1.807) is 37.7 Å². The molecule has 37 heavy (non-hydrogen) atoms. The van der Waals surface area contributed by atoms with Crippen LogP contribution in [0.2, 0.25) is 0 Å². The third kappa shape index (κ3) is 8.05. The highest BCUT2D eigenvalue weighted by Crippen LogP contribution is 2.43. The summed E-state index contributed by atoms with van der Waals surface area (Å²) in [6.07, 6.45) is 2.80. The molecule has 0 spiro atoms. The molecule has 0 aromatic carbocycles. The zero-order valence-electron chi connectivity index (χ0n) is 22.6. The number of fused-ring (bicyclic) bond motifs is 1. The van der Waals surface area contributed by atoms with Gasteiger partial charge in [0.2, 0.25) is 5.92 Å². The number of alkyl halides is 2. The summed E-state index contributed by atoms with van der Waals surface area (Å²) in [5.41, 5.74) is 0.349. The van der Waals surface area contributed by atoms with Gasteiger partial charge in [0.1, 0.15) is 10.3 Å². The summed E-state index contributed by atoms with van der Waals surface area (Å²) in [5, 5.41) is 7.36. The lowest BCUT2D eigenvalue weighted by Crippen LogP contribution is -2.40. The van der Waals surface area contributed by atoms with Crippen molar-refractivity contribution in [3.63, 3.8) is 0 Å². The van der Waals surface area contributed by atoms with Crippen molar-refractivity contribution in [2.75, 3.05) is 0 Å². The van der Waals surface area contributed by atoms with Gasteiger partial charge >= 0.3 is 6.09 Å². The van der Waals surface area contributed by atoms with Crippen LogP contribution < -0.4 is 9.44 Å². The number of nitrogens with zero attached hydrogens (tertiary/aromatic N) is 3. The number of alkyl carbamates (subject to hydrolysis) is 1. The Morgan fingerprint density at radius 1 is 1.30 bits per heavy atom. The Bertz CT molecular complexity index is 1120. The van der Waals surface area contributed by atoms with E-state index in [2.05, 4.69) is 21.1 Å². The number of amides is 1. The highest BCUT2D eigenvalue weighted by Gasteiger charge is 2.40. The molecule has 1 aliphatic carbocycles. The molecule has 3 rings (SSSR count). The van der Waals surface area contributed by atoms with E-state index < -0.39 is 50.8 Å². The molecule has 3 atom stereocenters. The molecule has 0 saturated heterocycles. The third-order valence-corrected chi connectivity index (χ3v) is 9.95. The predicted octanol–water partition coefficient (Wildman–Crippen LogP) is 5.98. The summed E-state index contributed by atoms with van der Waals surface area (Å²) in [4.78, 5) is 19.0. The van der Waals surface area contributed by atoms with Crippen molar-refractivity contribution in [1.29, 1.82) is 0 Å². The van der Waals surface area contributed by atoms with Gasteiger partial charge in [-0.1, -0.05) is 10.7 Å². The molecule has 2 aromatic rings. The molecule has 1 fully saturated rings. The SMILES string of the molecule is C=C(C)[SH](N[S@@+]([O-])C(C)(C)C)c1cnn2cc([C@@H](NC(=O)OC(C)(C)C)C3CCC(F)(F)CC3)nc2c1. The summed E-state index contributed by atoms with van der Waals surface area (Å²) < 4.78 is 50.3. The Labute approximate surface area is 223 Å². The summed E-state index contributed by atoms with van der Waals surface area (Å²) >= 11 is -2.49. The van der Waals surface area contributed by atoms with Crippen molar-refractivity contribution in [3.05, 3.63) is 35.6 Å². The monoisotopic (exact) mass is 559 g/mol. The van der Waals surface area contributed by atoms with Crippen LogP contribution in [0.15, 0.2) is 34.8 Å². The van der Waals surface area contributed by atoms with E-state index in [4.69, 9.17) is 9.72 Å². The number of hydrogen-bond acceptors (Lipinski definition) is 6. The van der Waals surface area contributed by atoms with Crippen LogP contribution in [0.25, 0.3) is 5.65 Å². The van der Waals surface area contributed by atoms with Gasteiger partial charge < -0.3 is 14.6 Å². The fourth-order valence-corrected chi connectivity index (χ4v) is 7.65. The van der Waals surface area contributed by atoms with Gasteiger partial charge in [-0.15, -0.1) is 11.1 Å². The fraction of sp³-hybridized carbons (Fsp3) is 0.640. The zero-order valence-corrected chi connectivity index (χ0v) is 24.3. The number of nitrogens with one attached hydrogen (secondary N) is 2. The van der Waals surface area contributed by atoms with Crippen molar-refractivity contribution in [3.8, 4) is 0 Å². The quantitative estimate of drug-likeness (QED) is 0.285. The molecule has 1 saturated carbocycles. The predicted molar refractivity (Wildman–Crippen MR) is 145 cm³/mol. The van der Waals surface area contributed by atoms with Gasteiger partial charge in [0.15, 0.2) is 5.65 Å². The maximum Gasteiger partial charge on any atom is 0.408 e. The van der Waals surface area contributed by atoms with Crippen LogP contribution in [-0.4, -0.2) is 41.5 Å². The number of aromatic nitrogens is 3. The molecular formula is C25H39F2N5O3S2. The lowest BCUT2D eigenvalue weighted by atomic mass is 9.81. The molecule has 0 aliphatic heterocycles. The van der Waals surface area contributed by atoms with E-state index in [1.165, 1.54) is 0 Å². The number of thiol groups is 1. The average Bonchev–Trinajstić information content (AvgIpc) is 3.16. The Morgan fingerprint density at radius 3 is 2.46 bits per heavy atom. The Balaban J connectivity index is 1.93. The normalized spacial score (nSPS) is 19.8. The highest BCUT2D eigenvalue weighted by molar-refractivity contribution is 8.24. The summed E-state index contributed by atoms with van der Waals surface area (Å²) in [7, 11) is 0. The molecule has 2 heterocycles. The average molecular weight is 560 g/mol. The molecule has 1 aliphatic rings. The number of carbonyl (C=O) groups excluding carboxylic acids is 1. The molecule has 1 amide bonds. The number of carbonyl (C=O) groups is 1. The molecule has 12 heteroatoms. The van der Waals surface area contributed by atoms with Crippen LogP contribution >= 0.6 is 11.1 Å². The number of hydrogen-bond donors (Lipinski definition) is 3. The van der Waals surface area contributed by atoms with Gasteiger partial charge in [-0.2, -0.15) is 5.10 Å². The molecule has 8 nitrogen and oxygen atoms in total. The number of ether oxygens (including phenoxy) is 1. The molecular weight excluding hydrogens is 520 g/mol. The lowest BCUT2D eigenvalue weighted by molar-refractivity contribution is -0.0500. The van der Waals surface area contributed by atoms with E-state index in [0.29, 0.717) is 11.3 Å². The minimum absolute atomic E-state index is 0.222. The Kier molecular flexibility index (Phi) is 8.88. The summed E-state index contributed by atoms with van der Waals surface area (Å²) in [6.45, 7) is 16.9. The minimum Gasteiger partial charge on any atom is -0.597 e. The van der Waals surface area contributed by atoms with E-state index >= 15 is 0 Å². The first-order chi connectivity index (χ1) is 16.9. The largest absolute Gasteiger partial charge is 0.597 e. The molecule has 2 N–H and O–H groups in total. The molecule has 0 radical (unpaired) electrons. The number of rotatable bonds is 7. The van der Waals surface area contributed by atoms with Gasteiger partial charge in [-0.3, -0.25) is 0 Å². The minimum atomic E-state index is -2.69. The van der Waals surface area contributed by atoms with Gasteiger partial charge in [-0.25, -0.2) is 23.1 Å². The van der Waals surface area contributed by atoms with Crippen LogP contribution in [-0.2, 0) is 16.1 Å². The number of allylic oxidation sites excluding steroid dienone is 1. The Morgan fingerprint density at radius 2 is 1.92 bits per heavy atom. The molecule has 1 unspecified atom stereocenters. The number of halogens is 2. The van der Waals surface area contributed by atoms with Gasteiger partial charge in [0.05, 0.1) is 35.5 Å². The maximum atomic E-state index is 13.9. The van der Waals surface area contributed by atoms with Crippen molar-refractivity contribution in [2.45, 2.75) is 101 Å². The van der Waals surface area contributed by atoms with Crippen molar-refractivity contribution < 1.29 is 22.9 Å². The molecule has 0 bridgehead atoms. The van der Waals surface area contributed by atoms with Crippen LogP contribution in [0.4, 0.5) is 13.6 Å². The first kappa shape index (κ1) is 29.7. The van der Waals surface area contributed by atoms with Crippen molar-refractivity contribution in [1.82, 2.24) is 24.0 Å². The molecule has 2 aromatic heterocycles. The van der Waals surface area contributed by atoms with Crippen LogP contribution in [0.1, 0.15) is 85.9 Å². The smallest absolute Gasteiger partial charge is 0.408 e. The lowest BCUT2D eigenvalue weighted by Gasteiger charge is -2.33. The second-order valence-electron chi connectivity index (χ2n) is 11.5. The fourth-order valence-electron chi connectivity index (χ4n) is 3.99. The number of imidazole rings is 1. The van der Waals surface area contributed by atoms with Crippen molar-refractivity contribution in [2.24, 2.45) is 5.92 Å². The standard InChI is InChI=1S/C25H39F2N5O3S2/c1-16(2)36(31-37(34)24(6,7)8)18-13-20-29-19(15-32(20)28-14-18)21(30-22(33)35-23(3,4)5)17-9-11-25(26,27)12-10-17/h13-15,17,21,31,36H,1,9-12H2,2-8H3,(H,30,33)/t21-,37-/m0/s1. The second kappa shape index (κ2) is 11.1. The second-order valence-corrected chi connectivity index (χ2v) is 16.0. The Hall–Kier alpha value is -1.89. The van der Waals surface area contributed by atoms with Gasteiger partial charge in [-0.05, 0) is 78.2 Å². The first-order valence-corrected chi connectivity index (χ1v) is 14.8.